The first kappa shape index (κ1) is 20.1. The van der Waals surface area contributed by atoms with Crippen molar-refractivity contribution in [1.29, 1.82) is 0 Å². The average molecular weight is 432 g/mol. The van der Waals surface area contributed by atoms with Crippen LogP contribution >= 0.6 is 0 Å². The zero-order valence-electron chi connectivity index (χ0n) is 17.6. The summed E-state index contributed by atoms with van der Waals surface area (Å²) in [5.41, 5.74) is 4.07. The van der Waals surface area contributed by atoms with Gasteiger partial charge in [0.1, 0.15) is 13.2 Å². The zero-order valence-corrected chi connectivity index (χ0v) is 17.6. The molecule has 0 atom stereocenters. The Hall–Kier alpha value is -3.81. The van der Waals surface area contributed by atoms with E-state index in [1.165, 1.54) is 0 Å². The number of hydrogen-bond donors (Lipinski definition) is 1. The van der Waals surface area contributed by atoms with Gasteiger partial charge in [0.05, 0.1) is 11.4 Å². The maximum Gasteiger partial charge on any atom is 0.253 e. The SMILES string of the molecule is O=CN1CCCN(C(=O)c2ccc(-c3cc(-c4cccc5c4OCCO5)[nH]n3)cc2)CC1. The molecule has 8 nitrogen and oxygen atoms in total. The first-order valence-electron chi connectivity index (χ1n) is 10.8. The van der Waals surface area contributed by atoms with Crippen molar-refractivity contribution < 1.29 is 19.1 Å². The van der Waals surface area contributed by atoms with Gasteiger partial charge < -0.3 is 19.3 Å². The van der Waals surface area contributed by atoms with Gasteiger partial charge in [-0.2, -0.15) is 5.10 Å². The smallest absolute Gasteiger partial charge is 0.253 e. The van der Waals surface area contributed by atoms with Crippen LogP contribution in [0.4, 0.5) is 0 Å². The molecule has 0 saturated carbocycles. The fourth-order valence-electron chi connectivity index (χ4n) is 4.11. The molecule has 1 saturated heterocycles. The van der Waals surface area contributed by atoms with Gasteiger partial charge in [-0.15, -0.1) is 0 Å². The molecule has 2 amide bonds. The maximum atomic E-state index is 12.9. The average Bonchev–Trinajstić information content (AvgIpc) is 3.21. The molecule has 0 spiro atoms. The van der Waals surface area contributed by atoms with Crippen LogP contribution in [0.1, 0.15) is 16.8 Å². The second kappa shape index (κ2) is 8.74. The summed E-state index contributed by atoms with van der Waals surface area (Å²) in [7, 11) is 0. The fourth-order valence-corrected chi connectivity index (χ4v) is 4.11. The summed E-state index contributed by atoms with van der Waals surface area (Å²) < 4.78 is 11.5. The molecule has 3 aromatic rings. The number of carbonyl (C=O) groups excluding carboxylic acids is 2. The monoisotopic (exact) mass is 432 g/mol. The standard InChI is InChI=1S/C24H24N4O4/c29-16-27-9-2-10-28(12-11-27)24(30)18-7-5-17(6-8-18)20-15-21(26-25-20)19-3-1-4-22-23(19)32-14-13-31-22/h1,3-8,15-16H,2,9-14H2,(H,25,26). The normalized spacial score (nSPS) is 15.9. The Bertz CT molecular complexity index is 1130. The quantitative estimate of drug-likeness (QED) is 0.641. The molecule has 5 rings (SSSR count). The van der Waals surface area contributed by atoms with Crippen LogP contribution in [0, 0.1) is 0 Å². The van der Waals surface area contributed by atoms with Crippen LogP contribution in [0.25, 0.3) is 22.5 Å². The van der Waals surface area contributed by atoms with Crippen LogP contribution in [0.3, 0.4) is 0 Å². The summed E-state index contributed by atoms with van der Waals surface area (Å²) in [4.78, 5) is 27.4. The number of fused-ring (bicyclic) bond motifs is 1. The van der Waals surface area contributed by atoms with Gasteiger partial charge >= 0.3 is 0 Å². The van der Waals surface area contributed by atoms with Gasteiger partial charge in [-0.3, -0.25) is 14.7 Å². The lowest BCUT2D eigenvalue weighted by atomic mass is 10.1. The molecular weight excluding hydrogens is 408 g/mol. The lowest BCUT2D eigenvalue weighted by Gasteiger charge is -2.20. The molecule has 32 heavy (non-hydrogen) atoms. The van der Waals surface area contributed by atoms with Crippen molar-refractivity contribution in [3.05, 3.63) is 54.1 Å². The second-order valence-corrected chi connectivity index (χ2v) is 7.86. The number of rotatable bonds is 4. The van der Waals surface area contributed by atoms with Gasteiger partial charge in [-0.25, -0.2) is 0 Å². The summed E-state index contributed by atoms with van der Waals surface area (Å²) in [6, 6.07) is 15.2. The van der Waals surface area contributed by atoms with E-state index in [1.54, 1.807) is 4.90 Å². The number of aromatic amines is 1. The van der Waals surface area contributed by atoms with Crippen molar-refractivity contribution in [1.82, 2.24) is 20.0 Å². The Morgan fingerprint density at radius 3 is 2.69 bits per heavy atom. The van der Waals surface area contributed by atoms with Gasteiger partial charge in [0.2, 0.25) is 6.41 Å². The number of nitrogens with zero attached hydrogens (tertiary/aromatic N) is 3. The fraction of sp³-hybridized carbons (Fsp3) is 0.292. The first-order valence-corrected chi connectivity index (χ1v) is 10.8. The van der Waals surface area contributed by atoms with E-state index in [-0.39, 0.29) is 5.91 Å². The van der Waals surface area contributed by atoms with Crippen LogP contribution in [-0.4, -0.2) is 71.7 Å². The number of nitrogens with one attached hydrogen (secondary N) is 1. The molecule has 2 aliphatic heterocycles. The molecule has 164 valence electrons. The van der Waals surface area contributed by atoms with E-state index in [2.05, 4.69) is 10.2 Å². The van der Waals surface area contributed by atoms with E-state index >= 15 is 0 Å². The van der Waals surface area contributed by atoms with Crippen LogP contribution in [0.5, 0.6) is 11.5 Å². The lowest BCUT2D eigenvalue weighted by Crippen LogP contribution is -2.34. The number of ether oxygens (including phenoxy) is 2. The molecule has 0 radical (unpaired) electrons. The number of carbonyl (C=O) groups is 2. The minimum absolute atomic E-state index is 0.0138. The topological polar surface area (TPSA) is 87.8 Å². The minimum Gasteiger partial charge on any atom is -0.486 e. The Kier molecular flexibility index (Phi) is 5.49. The molecule has 1 aromatic heterocycles. The van der Waals surface area contributed by atoms with Crippen LogP contribution in [-0.2, 0) is 4.79 Å². The van der Waals surface area contributed by atoms with E-state index in [0.29, 0.717) is 45.0 Å². The van der Waals surface area contributed by atoms with Crippen molar-refractivity contribution >= 4 is 12.3 Å². The second-order valence-electron chi connectivity index (χ2n) is 7.86. The third-order valence-electron chi connectivity index (χ3n) is 5.83. The molecule has 8 heteroatoms. The first-order chi connectivity index (χ1) is 15.7. The Morgan fingerprint density at radius 2 is 1.84 bits per heavy atom. The number of benzene rings is 2. The van der Waals surface area contributed by atoms with E-state index < -0.39 is 0 Å². The molecule has 2 aromatic carbocycles. The van der Waals surface area contributed by atoms with Gasteiger partial charge in [0.15, 0.2) is 11.5 Å². The third kappa shape index (κ3) is 3.91. The van der Waals surface area contributed by atoms with Gasteiger partial charge in [0.25, 0.3) is 5.91 Å². The van der Waals surface area contributed by atoms with E-state index in [0.717, 1.165) is 46.8 Å². The molecule has 1 fully saturated rings. The highest BCUT2D eigenvalue weighted by molar-refractivity contribution is 5.94. The van der Waals surface area contributed by atoms with Crippen molar-refractivity contribution in [2.24, 2.45) is 0 Å². The lowest BCUT2D eigenvalue weighted by molar-refractivity contribution is -0.118. The van der Waals surface area contributed by atoms with E-state index in [1.807, 2.05) is 53.4 Å². The summed E-state index contributed by atoms with van der Waals surface area (Å²) in [6.45, 7) is 3.53. The molecular formula is C24H24N4O4. The minimum atomic E-state index is -0.0138. The molecule has 0 bridgehead atoms. The van der Waals surface area contributed by atoms with Crippen LogP contribution < -0.4 is 9.47 Å². The molecule has 2 aliphatic rings. The summed E-state index contributed by atoms with van der Waals surface area (Å²) >= 11 is 0. The summed E-state index contributed by atoms with van der Waals surface area (Å²) in [5, 5.41) is 7.53. The zero-order chi connectivity index (χ0) is 21.9. The molecule has 0 unspecified atom stereocenters. The van der Waals surface area contributed by atoms with Gasteiger partial charge in [0, 0.05) is 42.9 Å². The van der Waals surface area contributed by atoms with Crippen molar-refractivity contribution in [3.63, 3.8) is 0 Å². The van der Waals surface area contributed by atoms with Gasteiger partial charge in [-0.1, -0.05) is 18.2 Å². The van der Waals surface area contributed by atoms with E-state index in [9.17, 15) is 9.59 Å². The van der Waals surface area contributed by atoms with E-state index in [4.69, 9.17) is 9.47 Å². The Labute approximate surface area is 185 Å². The Balaban J connectivity index is 1.33. The summed E-state index contributed by atoms with van der Waals surface area (Å²) in [6.07, 6.45) is 1.64. The highest BCUT2D eigenvalue weighted by Gasteiger charge is 2.21. The highest BCUT2D eigenvalue weighted by Crippen LogP contribution is 2.39. The molecule has 3 heterocycles. The van der Waals surface area contributed by atoms with Crippen LogP contribution in [0.15, 0.2) is 48.5 Å². The third-order valence-corrected chi connectivity index (χ3v) is 5.83. The van der Waals surface area contributed by atoms with Crippen molar-refractivity contribution in [2.75, 3.05) is 39.4 Å². The van der Waals surface area contributed by atoms with Crippen LogP contribution in [0.2, 0.25) is 0 Å². The summed E-state index contributed by atoms with van der Waals surface area (Å²) in [5.74, 6) is 1.44. The number of H-pyrrole nitrogens is 1. The number of para-hydroxylation sites is 1. The van der Waals surface area contributed by atoms with Gasteiger partial charge in [-0.05, 0) is 36.8 Å². The highest BCUT2D eigenvalue weighted by atomic mass is 16.6. The number of aromatic nitrogens is 2. The number of hydrogen-bond acceptors (Lipinski definition) is 5. The predicted molar refractivity (Wildman–Crippen MR) is 119 cm³/mol. The predicted octanol–water partition coefficient (Wildman–Crippen LogP) is 2.82. The molecule has 1 N–H and O–H groups in total. The van der Waals surface area contributed by atoms with Crippen molar-refractivity contribution in [3.8, 4) is 34.0 Å². The largest absolute Gasteiger partial charge is 0.486 e. The molecule has 0 aliphatic carbocycles. The van der Waals surface area contributed by atoms with Crippen molar-refractivity contribution in [2.45, 2.75) is 6.42 Å². The maximum absolute atomic E-state index is 12.9. The Morgan fingerprint density at radius 1 is 1.00 bits per heavy atom. The number of amides is 2.